The number of nitrogens with one attached hydrogen (secondary N) is 2. The number of hydrogen-bond donors (Lipinski definition) is 2. The molecule has 7 nitrogen and oxygen atoms in total. The van der Waals surface area contributed by atoms with Gasteiger partial charge in [-0.15, -0.1) is 22.7 Å². The molecule has 2 N–H and O–H groups in total. The van der Waals surface area contributed by atoms with Crippen molar-refractivity contribution in [2.75, 3.05) is 37.4 Å². The third-order valence-corrected chi connectivity index (χ3v) is 5.99. The molecule has 0 aliphatic carbocycles. The van der Waals surface area contributed by atoms with E-state index in [1.807, 2.05) is 41.1 Å². The topological polar surface area (TPSA) is 87.7 Å². The number of ether oxygens (including phenoxy) is 1. The number of benzene rings is 1. The van der Waals surface area contributed by atoms with Crippen LogP contribution in [0.5, 0.6) is 0 Å². The normalized spacial score (nSPS) is 10.7. The number of amides is 2. The molecule has 0 fully saturated rings. The van der Waals surface area contributed by atoms with Gasteiger partial charge in [0.2, 0.25) is 11.8 Å². The zero-order chi connectivity index (χ0) is 22.2. The Morgan fingerprint density at radius 1 is 0.968 bits per heavy atom. The van der Waals surface area contributed by atoms with Gasteiger partial charge in [0, 0.05) is 21.5 Å². The predicted octanol–water partition coefficient (Wildman–Crippen LogP) is 4.16. The van der Waals surface area contributed by atoms with E-state index >= 15 is 0 Å². The zero-order valence-electron chi connectivity index (χ0n) is 17.2. The van der Waals surface area contributed by atoms with E-state index in [0.29, 0.717) is 16.3 Å². The Kier molecular flexibility index (Phi) is 7.94. The third kappa shape index (κ3) is 6.24. The highest BCUT2D eigenvalue weighted by Crippen LogP contribution is 2.38. The lowest BCUT2D eigenvalue weighted by Crippen LogP contribution is -2.36. The molecule has 0 radical (unpaired) electrons. The van der Waals surface area contributed by atoms with E-state index in [1.54, 1.807) is 31.0 Å². The number of thiophene rings is 2. The monoisotopic (exact) mass is 457 g/mol. The number of anilines is 2. The summed E-state index contributed by atoms with van der Waals surface area (Å²) in [6.07, 6.45) is 0. The van der Waals surface area contributed by atoms with E-state index in [1.165, 1.54) is 22.7 Å². The second-order valence-electron chi connectivity index (χ2n) is 6.69. The Morgan fingerprint density at radius 3 is 2.32 bits per heavy atom. The highest BCUT2D eigenvalue weighted by Gasteiger charge is 2.23. The molecule has 0 saturated heterocycles. The first-order valence-electron chi connectivity index (χ1n) is 9.63. The number of para-hydroxylation sites is 1. The van der Waals surface area contributed by atoms with Crippen molar-refractivity contribution in [1.82, 2.24) is 4.90 Å². The summed E-state index contributed by atoms with van der Waals surface area (Å²) in [6.45, 7) is 2.03. The first-order valence-corrected chi connectivity index (χ1v) is 11.4. The van der Waals surface area contributed by atoms with Crippen LogP contribution >= 0.6 is 22.7 Å². The lowest BCUT2D eigenvalue weighted by Gasteiger charge is -2.16. The van der Waals surface area contributed by atoms with Crippen molar-refractivity contribution in [1.29, 1.82) is 0 Å². The van der Waals surface area contributed by atoms with Crippen LogP contribution < -0.4 is 10.6 Å². The second-order valence-corrected chi connectivity index (χ2v) is 8.51. The lowest BCUT2D eigenvalue weighted by atomic mass is 10.1. The van der Waals surface area contributed by atoms with Crippen molar-refractivity contribution in [3.05, 3.63) is 58.8 Å². The van der Waals surface area contributed by atoms with Gasteiger partial charge in [-0.1, -0.05) is 24.3 Å². The number of rotatable bonds is 9. The maximum absolute atomic E-state index is 12.6. The second kappa shape index (κ2) is 10.9. The molecule has 9 heteroatoms. The van der Waals surface area contributed by atoms with Crippen molar-refractivity contribution in [2.45, 2.75) is 6.92 Å². The summed E-state index contributed by atoms with van der Waals surface area (Å²) >= 11 is 2.79. The fraction of sp³-hybridized carbons (Fsp3) is 0.227. The average molecular weight is 458 g/mol. The summed E-state index contributed by atoms with van der Waals surface area (Å²) in [7, 11) is 1.68. The molecule has 0 aliphatic rings. The predicted molar refractivity (Wildman–Crippen MR) is 125 cm³/mol. The van der Waals surface area contributed by atoms with Crippen molar-refractivity contribution in [2.24, 2.45) is 0 Å². The summed E-state index contributed by atoms with van der Waals surface area (Å²) in [5.41, 5.74) is 1.79. The molecule has 0 saturated carbocycles. The molecular formula is C22H23N3O4S2. The molecular weight excluding hydrogens is 434 g/mol. The van der Waals surface area contributed by atoms with Crippen LogP contribution in [0.2, 0.25) is 0 Å². The van der Waals surface area contributed by atoms with Gasteiger partial charge in [0.25, 0.3) is 0 Å². The van der Waals surface area contributed by atoms with Crippen LogP contribution in [-0.2, 0) is 14.3 Å². The van der Waals surface area contributed by atoms with Gasteiger partial charge in [-0.25, -0.2) is 4.79 Å². The minimum atomic E-state index is -0.474. The van der Waals surface area contributed by atoms with Crippen molar-refractivity contribution in [3.63, 3.8) is 0 Å². The van der Waals surface area contributed by atoms with Crippen LogP contribution in [0.4, 0.5) is 10.7 Å². The zero-order valence-corrected chi connectivity index (χ0v) is 18.8. The van der Waals surface area contributed by atoms with E-state index in [0.717, 1.165) is 10.4 Å². The van der Waals surface area contributed by atoms with Gasteiger partial charge in [-0.3, -0.25) is 14.5 Å². The summed E-state index contributed by atoms with van der Waals surface area (Å²) < 4.78 is 5.20. The summed E-state index contributed by atoms with van der Waals surface area (Å²) in [6, 6.07) is 12.9. The molecule has 31 heavy (non-hydrogen) atoms. The van der Waals surface area contributed by atoms with Crippen molar-refractivity contribution < 1.29 is 19.1 Å². The molecule has 162 valence electrons. The van der Waals surface area contributed by atoms with Crippen molar-refractivity contribution in [3.8, 4) is 10.4 Å². The summed E-state index contributed by atoms with van der Waals surface area (Å²) in [5.74, 6) is -1.01. The van der Waals surface area contributed by atoms with Gasteiger partial charge >= 0.3 is 5.97 Å². The van der Waals surface area contributed by atoms with Crippen LogP contribution in [0.1, 0.15) is 17.3 Å². The fourth-order valence-electron chi connectivity index (χ4n) is 2.90. The first kappa shape index (κ1) is 22.7. The Bertz CT molecular complexity index is 1030. The molecule has 3 rings (SSSR count). The minimum Gasteiger partial charge on any atom is -0.462 e. The quantitative estimate of drug-likeness (QED) is 0.471. The molecule has 2 aromatic heterocycles. The number of nitrogens with zero attached hydrogens (tertiary/aromatic N) is 1. The lowest BCUT2D eigenvalue weighted by molar-refractivity contribution is -0.119. The van der Waals surface area contributed by atoms with Crippen LogP contribution in [-0.4, -0.2) is 49.4 Å². The number of hydrogen-bond acceptors (Lipinski definition) is 7. The highest BCUT2D eigenvalue weighted by atomic mass is 32.1. The van der Waals surface area contributed by atoms with Crippen LogP contribution in [0.15, 0.2) is 53.2 Å². The Morgan fingerprint density at radius 2 is 1.68 bits per heavy atom. The van der Waals surface area contributed by atoms with Crippen LogP contribution in [0, 0.1) is 0 Å². The van der Waals surface area contributed by atoms with E-state index in [9.17, 15) is 14.4 Å². The van der Waals surface area contributed by atoms with E-state index < -0.39 is 5.97 Å². The molecule has 1 aromatic carbocycles. The highest BCUT2D eigenvalue weighted by molar-refractivity contribution is 7.17. The van der Waals surface area contributed by atoms with Gasteiger partial charge in [0.15, 0.2) is 0 Å². The number of likely N-dealkylation sites (N-methyl/N-ethyl adjacent to an activating group) is 1. The third-order valence-electron chi connectivity index (χ3n) is 4.19. The summed E-state index contributed by atoms with van der Waals surface area (Å²) in [5, 5.41) is 9.78. The maximum atomic E-state index is 12.6. The van der Waals surface area contributed by atoms with Gasteiger partial charge in [0.1, 0.15) is 10.6 Å². The molecule has 0 atom stereocenters. The molecule has 0 unspecified atom stereocenters. The van der Waals surface area contributed by atoms with Gasteiger partial charge in [0.05, 0.1) is 19.7 Å². The molecule has 2 heterocycles. The maximum Gasteiger partial charge on any atom is 0.341 e. The van der Waals surface area contributed by atoms with Gasteiger partial charge in [-0.05, 0) is 37.6 Å². The Balaban J connectivity index is 1.63. The van der Waals surface area contributed by atoms with Crippen LogP contribution in [0.25, 0.3) is 10.4 Å². The van der Waals surface area contributed by atoms with E-state index in [4.69, 9.17) is 4.74 Å². The Labute approximate surface area is 188 Å². The van der Waals surface area contributed by atoms with Crippen molar-refractivity contribution >= 4 is 51.1 Å². The standard InChI is InChI=1S/C22H23N3O4S2/c1-3-29-22(28)20-16(17-10-7-11-30-17)14-31-21(20)24-19(27)13-25(2)12-18(26)23-15-8-5-4-6-9-15/h4-11,14H,3,12-13H2,1-2H3,(H,23,26)(H,24,27). The molecule has 0 aliphatic heterocycles. The number of carbonyl (C=O) groups excluding carboxylic acids is 3. The van der Waals surface area contributed by atoms with Gasteiger partial charge in [-0.2, -0.15) is 0 Å². The average Bonchev–Trinajstić information content (AvgIpc) is 3.38. The minimum absolute atomic E-state index is 0.00326. The smallest absolute Gasteiger partial charge is 0.341 e. The molecule has 0 spiro atoms. The molecule has 3 aromatic rings. The molecule has 2 amide bonds. The SMILES string of the molecule is CCOC(=O)c1c(-c2cccs2)csc1NC(=O)CN(C)CC(=O)Nc1ccccc1. The Hall–Kier alpha value is -3.01. The number of carbonyl (C=O) groups is 3. The van der Waals surface area contributed by atoms with E-state index in [2.05, 4.69) is 10.6 Å². The van der Waals surface area contributed by atoms with E-state index in [-0.39, 0.29) is 31.5 Å². The fourth-order valence-corrected chi connectivity index (χ4v) is 4.69. The first-order chi connectivity index (χ1) is 15.0. The summed E-state index contributed by atoms with van der Waals surface area (Å²) in [4.78, 5) is 39.8. The molecule has 0 bridgehead atoms. The largest absolute Gasteiger partial charge is 0.462 e. The van der Waals surface area contributed by atoms with Crippen LogP contribution in [0.3, 0.4) is 0 Å². The van der Waals surface area contributed by atoms with Gasteiger partial charge < -0.3 is 15.4 Å². The number of esters is 1.